The molecule has 5 atom stereocenters. The monoisotopic (exact) mass is 1540 g/mol. The van der Waals surface area contributed by atoms with Crippen LogP contribution in [-0.4, -0.2) is 183 Å². The van der Waals surface area contributed by atoms with Crippen LogP contribution in [0.15, 0.2) is 91.8 Å². The van der Waals surface area contributed by atoms with Crippen LogP contribution in [0.25, 0.3) is 0 Å². The van der Waals surface area contributed by atoms with Gasteiger partial charge in [0, 0.05) is 102 Å². The van der Waals surface area contributed by atoms with E-state index < -0.39 is 89.8 Å². The maximum absolute atomic E-state index is 15.7. The number of carbonyl (C=O) groups excluding carboxylic acids is 1. The van der Waals surface area contributed by atoms with Crippen LogP contribution in [0.2, 0.25) is 0 Å². The fourth-order valence-electron chi connectivity index (χ4n) is 14.3. The molecule has 0 amide bonds. The van der Waals surface area contributed by atoms with Crippen LogP contribution in [0, 0.1) is 34.2 Å². The average Bonchev–Trinajstić information content (AvgIpc) is 0.839. The largest absolute Gasteiger partial charge is 0.469 e. The third kappa shape index (κ3) is 20.8. The van der Waals surface area contributed by atoms with Gasteiger partial charge in [-0.2, -0.15) is 22.0 Å². The molecule has 580 valence electrons. The number of aryl methyl sites for hydroxylation is 1. The molecule has 5 aliphatic heterocycles. The Morgan fingerprint density at radius 2 is 0.962 bits per heavy atom. The molecule has 0 spiro atoms. The molecule has 6 fully saturated rings. The van der Waals surface area contributed by atoms with Gasteiger partial charge in [-0.25, -0.2) is 73.4 Å². The van der Waals surface area contributed by atoms with Crippen molar-refractivity contribution < 1.29 is 94.0 Å². The van der Waals surface area contributed by atoms with Gasteiger partial charge in [-0.15, -0.1) is 0 Å². The first kappa shape index (κ1) is 80.9. The standard InChI is InChI=1S/C24H31F3N4O4S.C24H31F3N4O3S.C23H26F4N4O4/c1-23(26,27)18-5-3-17(4-6-18)19-13-35-12-9-31(19)22-20(25)21(29-16-30-22)28-14-24(15-36(2,32)33)7-10-34-11-8-24;1-24(26,27)18-9-6-17(7-10-18)21-14-34-13-12-31(21)23-22(25)20(28-15-29-23)11-8-16-4-3-5-19(16)30-35(2,32)33;1-33-21(32)22(6-9-34-10-7-22)13-28-19-18(24)20(30-14-29-19)31-8-11-35-12-17(31)15-2-4-16(5-3-15)23(25,26)27/h3-6,16,19H,7-15H2,1-2H3,(H,28,29,30);6-7,9-10,15-16,19,21,30H,3-5,8,11-14H2,1-2H3;2-5,14,17H,6-13H2,1H3,(H,28,29,30). The van der Waals surface area contributed by atoms with Crippen molar-refractivity contribution in [3.05, 3.63) is 148 Å². The van der Waals surface area contributed by atoms with E-state index in [1.807, 2.05) is 0 Å². The number of sulfone groups is 1. The fraction of sp³-hybridized carbons (Fsp3) is 0.563. The highest BCUT2D eigenvalue weighted by molar-refractivity contribution is 7.90. The van der Waals surface area contributed by atoms with Gasteiger partial charge in [0.25, 0.3) is 11.8 Å². The molecule has 3 aromatic carbocycles. The molecule has 0 bridgehead atoms. The highest BCUT2D eigenvalue weighted by Crippen LogP contribution is 2.41. The highest BCUT2D eigenvalue weighted by Gasteiger charge is 2.43. The highest BCUT2D eigenvalue weighted by atomic mass is 32.2. The number of halogens is 10. The number of sulfonamides is 1. The molecule has 5 unspecified atom stereocenters. The molecule has 6 aliphatic rings. The van der Waals surface area contributed by atoms with Crippen LogP contribution in [0.4, 0.5) is 73.0 Å². The minimum Gasteiger partial charge on any atom is -0.469 e. The lowest BCUT2D eigenvalue weighted by atomic mass is 9.80. The third-order valence-electron chi connectivity index (χ3n) is 20.0. The van der Waals surface area contributed by atoms with Gasteiger partial charge in [0.15, 0.2) is 34.9 Å². The molecular formula is C71H88F10N12O11S2. The summed E-state index contributed by atoms with van der Waals surface area (Å²) < 4.78 is 223. The summed E-state index contributed by atoms with van der Waals surface area (Å²) in [5, 5.41) is 5.95. The fourth-order valence-corrected chi connectivity index (χ4v) is 16.6. The summed E-state index contributed by atoms with van der Waals surface area (Å²) in [6.45, 7) is 6.39. The van der Waals surface area contributed by atoms with Gasteiger partial charge in [-0.1, -0.05) is 67.1 Å². The van der Waals surface area contributed by atoms with Gasteiger partial charge in [0.1, 0.15) is 28.8 Å². The molecule has 5 saturated heterocycles. The van der Waals surface area contributed by atoms with Crippen LogP contribution < -0.4 is 30.1 Å². The molecule has 3 aromatic heterocycles. The van der Waals surface area contributed by atoms with E-state index in [9.17, 15) is 52.4 Å². The molecular weight excluding hydrogens is 1450 g/mol. The smallest absolute Gasteiger partial charge is 0.416 e. The second-order valence-corrected chi connectivity index (χ2v) is 31.6. The Labute approximate surface area is 609 Å². The van der Waals surface area contributed by atoms with E-state index in [-0.39, 0.29) is 109 Å². The first-order valence-electron chi connectivity index (χ1n) is 34.8. The molecule has 0 radical (unpaired) electrons. The zero-order chi connectivity index (χ0) is 76.2. The van der Waals surface area contributed by atoms with E-state index in [1.165, 1.54) is 68.7 Å². The van der Waals surface area contributed by atoms with Crippen molar-refractivity contribution in [3.8, 4) is 0 Å². The maximum Gasteiger partial charge on any atom is 0.416 e. The average molecular weight is 1540 g/mol. The summed E-state index contributed by atoms with van der Waals surface area (Å²) >= 11 is 0. The van der Waals surface area contributed by atoms with Gasteiger partial charge >= 0.3 is 12.1 Å². The Bertz CT molecular complexity index is 4140. The van der Waals surface area contributed by atoms with E-state index in [0.717, 1.165) is 57.1 Å². The van der Waals surface area contributed by atoms with Crippen molar-refractivity contribution >= 4 is 54.9 Å². The summed E-state index contributed by atoms with van der Waals surface area (Å²) in [5.41, 5.74) is -0.163. The lowest BCUT2D eigenvalue weighted by Crippen LogP contribution is -2.44. The van der Waals surface area contributed by atoms with E-state index in [1.54, 1.807) is 39.0 Å². The topological polar surface area (TPSA) is 264 Å². The number of anilines is 5. The Morgan fingerprint density at radius 3 is 1.38 bits per heavy atom. The van der Waals surface area contributed by atoms with Crippen LogP contribution in [0.1, 0.15) is 122 Å². The number of hydrogen-bond acceptors (Lipinski definition) is 22. The third-order valence-corrected chi connectivity index (χ3v) is 21.9. The number of methoxy groups -OCH3 is 1. The van der Waals surface area contributed by atoms with E-state index >= 15 is 13.2 Å². The number of morpholine rings is 3. The van der Waals surface area contributed by atoms with E-state index in [0.29, 0.717) is 109 Å². The van der Waals surface area contributed by atoms with Gasteiger partial charge in [-0.3, -0.25) is 4.79 Å². The lowest BCUT2D eigenvalue weighted by Gasteiger charge is -2.38. The maximum atomic E-state index is 15.7. The van der Waals surface area contributed by atoms with E-state index in [4.69, 9.17) is 28.4 Å². The summed E-state index contributed by atoms with van der Waals surface area (Å²) in [6, 6.07) is 15.1. The Balaban J connectivity index is 0.000000170. The molecule has 12 rings (SSSR count). The van der Waals surface area contributed by atoms with Crippen LogP contribution >= 0.6 is 0 Å². The number of alkyl halides is 7. The Hall–Kier alpha value is -7.67. The second kappa shape index (κ2) is 34.7. The number of benzene rings is 3. The van der Waals surface area contributed by atoms with Crippen molar-refractivity contribution in [2.45, 2.75) is 114 Å². The second-order valence-electron chi connectivity index (χ2n) is 27.7. The lowest BCUT2D eigenvalue weighted by molar-refractivity contribution is -0.157. The molecule has 6 aromatic rings. The first-order chi connectivity index (χ1) is 50.3. The van der Waals surface area contributed by atoms with Crippen LogP contribution in [0.5, 0.6) is 0 Å². The van der Waals surface area contributed by atoms with Crippen LogP contribution in [-0.2, 0) is 77.5 Å². The SMILES string of the molecule is CC(F)(F)c1ccc(C2COCCN2c2ncnc(CCC3CCCC3NS(C)(=O)=O)c2F)cc1.CC(F)(F)c1ccc(C2COCCN2c2ncnc(NCC3(CS(C)(=O)=O)CCOCC3)c2F)cc1.COC(=O)C1(CNc2ncnc(N3CCOCC3c3ccc(C(F)(F)F)cc3)c2F)CCOCC1. The molecule has 23 nitrogen and oxygen atoms in total. The van der Waals surface area contributed by atoms with Gasteiger partial charge < -0.3 is 53.8 Å². The summed E-state index contributed by atoms with van der Waals surface area (Å²) in [6.07, 6.45) is 7.15. The van der Waals surface area contributed by atoms with Gasteiger partial charge in [0.05, 0.1) is 93.6 Å². The van der Waals surface area contributed by atoms with Crippen molar-refractivity contribution in [3.63, 3.8) is 0 Å². The van der Waals surface area contributed by atoms with Crippen molar-refractivity contribution in [2.75, 3.05) is 150 Å². The zero-order valence-corrected chi connectivity index (χ0v) is 61.0. The number of esters is 1. The van der Waals surface area contributed by atoms with Crippen molar-refractivity contribution in [2.24, 2.45) is 16.7 Å². The molecule has 106 heavy (non-hydrogen) atoms. The number of aromatic nitrogens is 6. The molecule has 1 saturated carbocycles. The summed E-state index contributed by atoms with van der Waals surface area (Å²) in [4.78, 5) is 42.4. The molecule has 35 heteroatoms. The minimum absolute atomic E-state index is 0.00482. The molecule has 8 heterocycles. The summed E-state index contributed by atoms with van der Waals surface area (Å²) in [5.74, 6) is -8.00. The first-order valence-corrected chi connectivity index (χ1v) is 38.7. The predicted molar refractivity (Wildman–Crippen MR) is 373 cm³/mol. The van der Waals surface area contributed by atoms with E-state index in [2.05, 4.69) is 45.3 Å². The number of hydrogen-bond donors (Lipinski definition) is 3. The minimum atomic E-state index is -4.45. The zero-order valence-electron chi connectivity index (χ0n) is 59.3. The predicted octanol–water partition coefficient (Wildman–Crippen LogP) is 11.1. The molecule has 3 N–H and O–H groups in total. The molecule has 1 aliphatic carbocycles. The Morgan fingerprint density at radius 1 is 0.547 bits per heavy atom. The summed E-state index contributed by atoms with van der Waals surface area (Å²) in [7, 11) is -5.26. The quantitative estimate of drug-likeness (QED) is 0.0421. The number of ether oxygens (including phenoxy) is 6. The number of nitrogens with one attached hydrogen (secondary N) is 3. The van der Waals surface area contributed by atoms with Crippen LogP contribution in [0.3, 0.4) is 0 Å². The number of carbonyl (C=O) groups is 1. The van der Waals surface area contributed by atoms with Crippen molar-refractivity contribution in [1.29, 1.82) is 0 Å². The number of nitrogens with zero attached hydrogens (tertiary/aromatic N) is 9. The Kier molecular flexibility index (Phi) is 26.5. The normalized spacial score (nSPS) is 21.6. The van der Waals surface area contributed by atoms with Crippen molar-refractivity contribution in [1.82, 2.24) is 34.6 Å². The van der Waals surface area contributed by atoms with Gasteiger partial charge in [-0.05, 0) is 86.1 Å². The van der Waals surface area contributed by atoms with Gasteiger partial charge in [0.2, 0.25) is 21.7 Å². The number of rotatable bonds is 22.